The molecule has 0 aliphatic carbocycles. The molecule has 0 saturated carbocycles. The van der Waals surface area contributed by atoms with E-state index >= 15 is 0 Å². The lowest BCUT2D eigenvalue weighted by Crippen LogP contribution is -2.43. The highest BCUT2D eigenvalue weighted by molar-refractivity contribution is 9.10. The number of carbonyl (C=O) groups excluding carboxylic acids is 3. The molecule has 3 aromatic rings. The van der Waals surface area contributed by atoms with Crippen LogP contribution in [0.4, 0.5) is 5.69 Å². The molecule has 0 saturated heterocycles. The molecule has 0 aliphatic heterocycles. The molecule has 0 unspecified atom stereocenters. The highest BCUT2D eigenvalue weighted by Gasteiger charge is 2.14. The van der Waals surface area contributed by atoms with E-state index in [0.717, 1.165) is 21.2 Å². The van der Waals surface area contributed by atoms with Gasteiger partial charge in [-0.05, 0) is 79.4 Å². The monoisotopic (exact) mass is 537 g/mol. The molecule has 35 heavy (non-hydrogen) atoms. The molecule has 8 heteroatoms. The molecule has 7 nitrogen and oxygen atoms in total. The summed E-state index contributed by atoms with van der Waals surface area (Å²) in [5.41, 5.74) is 9.12. The van der Waals surface area contributed by atoms with Crippen LogP contribution in [-0.2, 0) is 4.79 Å². The SMILES string of the molecule is Cc1cccc(C(=O)Nc2ccc(C(=O)NNC(=O)COc3cc(C)c(Br)cc3C(C)C)cc2)c1. The van der Waals surface area contributed by atoms with Crippen LogP contribution in [0.5, 0.6) is 5.75 Å². The van der Waals surface area contributed by atoms with Gasteiger partial charge < -0.3 is 10.1 Å². The van der Waals surface area contributed by atoms with Gasteiger partial charge in [-0.25, -0.2) is 0 Å². The Morgan fingerprint density at radius 1 is 0.886 bits per heavy atom. The maximum absolute atomic E-state index is 12.4. The standard InChI is InChI=1S/C27H28BrN3O4/c1-16(2)22-14-23(28)18(4)13-24(22)35-15-25(32)30-31-27(34)19-8-10-21(11-9-19)29-26(33)20-7-5-6-17(3)12-20/h5-14,16H,15H2,1-4H3,(H,29,33)(H,30,32)(H,31,34). The van der Waals surface area contributed by atoms with Gasteiger partial charge in [-0.1, -0.05) is 47.5 Å². The van der Waals surface area contributed by atoms with Crippen molar-refractivity contribution in [3.63, 3.8) is 0 Å². The summed E-state index contributed by atoms with van der Waals surface area (Å²) >= 11 is 3.52. The summed E-state index contributed by atoms with van der Waals surface area (Å²) in [4.78, 5) is 37.0. The van der Waals surface area contributed by atoms with Crippen LogP contribution >= 0.6 is 15.9 Å². The molecule has 0 radical (unpaired) electrons. The van der Waals surface area contributed by atoms with Gasteiger partial charge in [0.2, 0.25) is 0 Å². The molecule has 0 heterocycles. The lowest BCUT2D eigenvalue weighted by Gasteiger charge is -2.16. The molecule has 0 spiro atoms. The van der Waals surface area contributed by atoms with Gasteiger partial charge >= 0.3 is 0 Å². The molecule has 3 amide bonds. The third kappa shape index (κ3) is 7.16. The number of benzene rings is 3. The molecule has 3 N–H and O–H groups in total. The average Bonchev–Trinajstić information content (AvgIpc) is 2.83. The lowest BCUT2D eigenvalue weighted by atomic mass is 10.0. The number of hydrogen-bond donors (Lipinski definition) is 3. The minimum atomic E-state index is -0.490. The second-order valence-electron chi connectivity index (χ2n) is 8.49. The number of hydrogen-bond acceptors (Lipinski definition) is 4. The van der Waals surface area contributed by atoms with E-state index < -0.39 is 11.8 Å². The maximum Gasteiger partial charge on any atom is 0.276 e. The Balaban J connectivity index is 1.51. The van der Waals surface area contributed by atoms with E-state index in [1.54, 1.807) is 36.4 Å². The van der Waals surface area contributed by atoms with Crippen LogP contribution in [0.15, 0.2) is 65.1 Å². The van der Waals surface area contributed by atoms with Crippen molar-refractivity contribution in [2.24, 2.45) is 0 Å². The zero-order valence-corrected chi connectivity index (χ0v) is 21.7. The van der Waals surface area contributed by atoms with Crippen molar-refractivity contribution in [3.05, 3.63) is 93.0 Å². The first-order valence-electron chi connectivity index (χ1n) is 11.1. The molecule has 0 fully saturated rings. The molecule has 3 aromatic carbocycles. The van der Waals surface area contributed by atoms with Gasteiger partial charge in [0.05, 0.1) is 0 Å². The number of amides is 3. The summed E-state index contributed by atoms with van der Waals surface area (Å²) in [6.07, 6.45) is 0. The summed E-state index contributed by atoms with van der Waals surface area (Å²) in [5.74, 6) is -0.368. The minimum Gasteiger partial charge on any atom is -0.483 e. The van der Waals surface area contributed by atoms with Gasteiger partial charge in [0, 0.05) is 21.3 Å². The van der Waals surface area contributed by atoms with E-state index in [1.165, 1.54) is 0 Å². The third-order valence-electron chi connectivity index (χ3n) is 5.27. The largest absolute Gasteiger partial charge is 0.483 e. The van der Waals surface area contributed by atoms with Gasteiger partial charge in [-0.3, -0.25) is 25.2 Å². The molecule has 0 atom stereocenters. The molecule has 3 rings (SSSR count). The normalized spacial score (nSPS) is 10.6. The Bertz CT molecular complexity index is 1240. The van der Waals surface area contributed by atoms with Crippen molar-refractivity contribution in [1.29, 1.82) is 0 Å². The van der Waals surface area contributed by atoms with Crippen molar-refractivity contribution in [2.75, 3.05) is 11.9 Å². The fraction of sp³-hybridized carbons (Fsp3) is 0.222. The number of nitrogens with one attached hydrogen (secondary N) is 3. The summed E-state index contributed by atoms with van der Waals surface area (Å²) in [6.45, 7) is 7.71. The molecule has 0 aromatic heterocycles. The molecule has 0 aliphatic rings. The first-order valence-corrected chi connectivity index (χ1v) is 11.9. The predicted octanol–water partition coefficient (Wildman–Crippen LogP) is 5.28. The van der Waals surface area contributed by atoms with Gasteiger partial charge in [-0.2, -0.15) is 0 Å². The van der Waals surface area contributed by atoms with E-state index in [1.807, 2.05) is 52.0 Å². The summed E-state index contributed by atoms with van der Waals surface area (Å²) < 4.78 is 6.68. The topological polar surface area (TPSA) is 96.5 Å². The van der Waals surface area contributed by atoms with E-state index in [9.17, 15) is 14.4 Å². The minimum absolute atomic E-state index is 0.217. The maximum atomic E-state index is 12.4. The number of aryl methyl sites for hydroxylation is 2. The first-order chi connectivity index (χ1) is 16.6. The van der Waals surface area contributed by atoms with E-state index in [4.69, 9.17) is 4.74 Å². The quantitative estimate of drug-likeness (QED) is 0.357. The molecule has 0 bridgehead atoms. The second kappa shape index (κ2) is 11.7. The van der Waals surface area contributed by atoms with Gasteiger partial charge in [0.15, 0.2) is 6.61 Å². The first kappa shape index (κ1) is 26.0. The zero-order chi connectivity index (χ0) is 25.5. The molecular formula is C27H28BrN3O4. The highest BCUT2D eigenvalue weighted by Crippen LogP contribution is 2.32. The Labute approximate surface area is 213 Å². The molecular weight excluding hydrogens is 510 g/mol. The van der Waals surface area contributed by atoms with Crippen molar-refractivity contribution in [2.45, 2.75) is 33.6 Å². The molecule has 182 valence electrons. The fourth-order valence-corrected chi connectivity index (χ4v) is 3.68. The smallest absolute Gasteiger partial charge is 0.276 e. The van der Waals surface area contributed by atoms with Crippen LogP contribution in [-0.4, -0.2) is 24.3 Å². The predicted molar refractivity (Wildman–Crippen MR) is 140 cm³/mol. The highest BCUT2D eigenvalue weighted by atomic mass is 79.9. The number of anilines is 1. The van der Waals surface area contributed by atoms with Crippen LogP contribution < -0.4 is 20.9 Å². The Kier molecular flexibility index (Phi) is 8.65. The van der Waals surface area contributed by atoms with Crippen molar-refractivity contribution >= 4 is 39.3 Å². The van der Waals surface area contributed by atoms with Crippen LogP contribution in [0.1, 0.15) is 57.2 Å². The van der Waals surface area contributed by atoms with Gasteiger partial charge in [-0.15, -0.1) is 0 Å². The van der Waals surface area contributed by atoms with Gasteiger partial charge in [0.25, 0.3) is 17.7 Å². The van der Waals surface area contributed by atoms with Crippen LogP contribution in [0.3, 0.4) is 0 Å². The van der Waals surface area contributed by atoms with Crippen LogP contribution in [0.25, 0.3) is 0 Å². The van der Waals surface area contributed by atoms with Gasteiger partial charge in [0.1, 0.15) is 5.75 Å². The Morgan fingerprint density at radius 2 is 1.60 bits per heavy atom. The summed E-state index contributed by atoms with van der Waals surface area (Å²) in [7, 11) is 0. The second-order valence-corrected chi connectivity index (χ2v) is 9.34. The Hall–Kier alpha value is -3.65. The number of carbonyl (C=O) groups is 3. The van der Waals surface area contributed by atoms with Crippen molar-refractivity contribution in [1.82, 2.24) is 10.9 Å². The number of rotatable bonds is 7. The van der Waals surface area contributed by atoms with E-state index in [-0.39, 0.29) is 18.4 Å². The van der Waals surface area contributed by atoms with E-state index in [0.29, 0.717) is 22.6 Å². The van der Waals surface area contributed by atoms with Crippen molar-refractivity contribution in [3.8, 4) is 5.75 Å². The fourth-order valence-electron chi connectivity index (χ4n) is 3.32. The number of hydrazine groups is 1. The van der Waals surface area contributed by atoms with Crippen LogP contribution in [0.2, 0.25) is 0 Å². The third-order valence-corrected chi connectivity index (χ3v) is 6.13. The summed E-state index contributed by atoms with van der Waals surface area (Å²) in [5, 5.41) is 2.79. The average molecular weight is 538 g/mol. The number of halogens is 1. The Morgan fingerprint density at radius 3 is 2.26 bits per heavy atom. The van der Waals surface area contributed by atoms with E-state index in [2.05, 4.69) is 32.1 Å². The zero-order valence-electron chi connectivity index (χ0n) is 20.1. The van der Waals surface area contributed by atoms with Crippen molar-refractivity contribution < 1.29 is 19.1 Å². The summed E-state index contributed by atoms with van der Waals surface area (Å²) in [6, 6.07) is 17.5. The number of ether oxygens (including phenoxy) is 1. The lowest BCUT2D eigenvalue weighted by molar-refractivity contribution is -0.123. The van der Waals surface area contributed by atoms with Crippen LogP contribution in [0, 0.1) is 13.8 Å².